The molecule has 2 amide bonds. The van der Waals surface area contributed by atoms with Crippen LogP contribution in [0.2, 0.25) is 0 Å². The van der Waals surface area contributed by atoms with E-state index in [-0.39, 0.29) is 24.0 Å². The van der Waals surface area contributed by atoms with Gasteiger partial charge in [-0.15, -0.1) is 12.4 Å². The number of carbonyl (C=O) groups is 1. The molecule has 4 rings (SSSR count). The summed E-state index contributed by atoms with van der Waals surface area (Å²) >= 11 is 0. The first-order valence-electron chi connectivity index (χ1n) is 12.5. The molecule has 6 nitrogen and oxygen atoms in total. The van der Waals surface area contributed by atoms with Crippen LogP contribution in [-0.2, 0) is 17.6 Å². The maximum absolute atomic E-state index is 12.7. The van der Waals surface area contributed by atoms with Crippen molar-refractivity contribution in [2.24, 2.45) is 5.92 Å². The highest BCUT2D eigenvalue weighted by atomic mass is 35.5. The van der Waals surface area contributed by atoms with Crippen LogP contribution in [0.1, 0.15) is 51.7 Å². The topological polar surface area (TPSA) is 45.2 Å². The van der Waals surface area contributed by atoms with Crippen molar-refractivity contribution in [3.63, 3.8) is 0 Å². The van der Waals surface area contributed by atoms with Crippen LogP contribution in [0, 0.1) is 5.92 Å². The SMILES string of the molecule is CCN(CC1CCN(C(=O)N2CCOCC2)CC1)[C@@H](C)Cc1ccc2c(c1)CC(C)(C)O2.Cl. The standard InChI is InChI=1S/C26H41N3O3.ClH/c1-5-27(20(2)16-22-6-7-24-23(17-22)18-26(3,4)32-24)19-21-8-10-28(11-9-21)25(30)29-12-14-31-15-13-29;/h6-7,17,20-21H,5,8-16,18-19H2,1-4H3;1H/t20-;/m0./s1. The molecule has 0 radical (unpaired) electrons. The Kier molecular flexibility index (Phi) is 8.93. The smallest absolute Gasteiger partial charge is 0.320 e. The molecule has 3 aliphatic rings. The number of piperidine rings is 1. The fraction of sp³-hybridized carbons (Fsp3) is 0.731. The molecule has 1 aromatic rings. The molecule has 0 bridgehead atoms. The number of halogens is 1. The Morgan fingerprint density at radius 1 is 1.15 bits per heavy atom. The second-order valence-electron chi connectivity index (χ2n) is 10.4. The van der Waals surface area contributed by atoms with Crippen LogP contribution in [0.3, 0.4) is 0 Å². The maximum Gasteiger partial charge on any atom is 0.320 e. The van der Waals surface area contributed by atoms with Crippen molar-refractivity contribution in [2.75, 3.05) is 52.5 Å². The number of urea groups is 1. The Labute approximate surface area is 206 Å². The van der Waals surface area contributed by atoms with E-state index in [0.717, 1.165) is 70.7 Å². The lowest BCUT2D eigenvalue weighted by Gasteiger charge is -2.39. The number of fused-ring (bicyclic) bond motifs is 1. The highest BCUT2D eigenvalue weighted by Gasteiger charge is 2.31. The van der Waals surface area contributed by atoms with Gasteiger partial charge >= 0.3 is 6.03 Å². The second kappa shape index (κ2) is 11.3. The fourth-order valence-corrected chi connectivity index (χ4v) is 5.47. The number of carbonyl (C=O) groups excluding carboxylic acids is 1. The molecule has 186 valence electrons. The molecule has 2 saturated heterocycles. The number of morpholine rings is 1. The summed E-state index contributed by atoms with van der Waals surface area (Å²) in [6, 6.07) is 7.45. The maximum atomic E-state index is 12.7. The first-order valence-corrected chi connectivity index (χ1v) is 12.5. The summed E-state index contributed by atoms with van der Waals surface area (Å²) in [6.07, 6.45) is 4.26. The van der Waals surface area contributed by atoms with E-state index >= 15 is 0 Å². The summed E-state index contributed by atoms with van der Waals surface area (Å²) in [4.78, 5) is 19.4. The van der Waals surface area contributed by atoms with Crippen molar-refractivity contribution in [3.05, 3.63) is 29.3 Å². The van der Waals surface area contributed by atoms with Crippen molar-refractivity contribution < 1.29 is 14.3 Å². The van der Waals surface area contributed by atoms with Gasteiger partial charge in [-0.3, -0.25) is 0 Å². The third kappa shape index (κ3) is 6.55. The average Bonchev–Trinajstić information content (AvgIpc) is 3.11. The van der Waals surface area contributed by atoms with Gasteiger partial charge in [-0.1, -0.05) is 19.1 Å². The number of hydrogen-bond acceptors (Lipinski definition) is 4. The number of benzene rings is 1. The molecule has 0 N–H and O–H groups in total. The lowest BCUT2D eigenvalue weighted by Crippen LogP contribution is -2.51. The van der Waals surface area contributed by atoms with Crippen molar-refractivity contribution in [3.8, 4) is 5.75 Å². The van der Waals surface area contributed by atoms with E-state index < -0.39 is 0 Å². The van der Waals surface area contributed by atoms with Gasteiger partial charge in [0.1, 0.15) is 11.4 Å². The Bertz CT molecular complexity index is 789. The molecule has 33 heavy (non-hydrogen) atoms. The molecule has 0 aromatic heterocycles. The number of hydrogen-bond donors (Lipinski definition) is 0. The van der Waals surface area contributed by atoms with E-state index in [4.69, 9.17) is 9.47 Å². The summed E-state index contributed by atoms with van der Waals surface area (Å²) < 4.78 is 11.4. The van der Waals surface area contributed by atoms with Crippen LogP contribution in [-0.4, -0.2) is 84.9 Å². The normalized spacial score (nSPS) is 21.4. The van der Waals surface area contributed by atoms with Crippen LogP contribution >= 0.6 is 12.4 Å². The molecule has 3 heterocycles. The zero-order chi connectivity index (χ0) is 22.7. The minimum Gasteiger partial charge on any atom is -0.487 e. The van der Waals surface area contributed by atoms with Gasteiger partial charge in [0.25, 0.3) is 0 Å². The quantitative estimate of drug-likeness (QED) is 0.612. The number of amides is 2. The van der Waals surface area contributed by atoms with Crippen molar-refractivity contribution in [1.29, 1.82) is 0 Å². The van der Waals surface area contributed by atoms with Gasteiger partial charge in [0.05, 0.1) is 13.2 Å². The van der Waals surface area contributed by atoms with Gasteiger partial charge < -0.3 is 24.2 Å². The van der Waals surface area contributed by atoms with Gasteiger partial charge in [-0.05, 0) is 69.7 Å². The Morgan fingerprint density at radius 2 is 1.82 bits per heavy atom. The minimum absolute atomic E-state index is 0. The molecule has 1 atom stereocenters. The summed E-state index contributed by atoms with van der Waals surface area (Å²) in [6.45, 7) is 15.7. The summed E-state index contributed by atoms with van der Waals surface area (Å²) in [5, 5.41) is 0. The summed E-state index contributed by atoms with van der Waals surface area (Å²) in [5.74, 6) is 1.72. The van der Waals surface area contributed by atoms with Crippen molar-refractivity contribution in [1.82, 2.24) is 14.7 Å². The molecular formula is C26H42ClN3O3. The van der Waals surface area contributed by atoms with Gasteiger partial charge in [0, 0.05) is 45.2 Å². The molecule has 2 fully saturated rings. The zero-order valence-electron chi connectivity index (χ0n) is 20.8. The lowest BCUT2D eigenvalue weighted by molar-refractivity contribution is 0.0387. The summed E-state index contributed by atoms with van der Waals surface area (Å²) in [7, 11) is 0. The molecule has 3 aliphatic heterocycles. The molecule has 0 spiro atoms. The third-order valence-electron chi connectivity index (χ3n) is 7.35. The van der Waals surface area contributed by atoms with Crippen LogP contribution < -0.4 is 4.74 Å². The van der Waals surface area contributed by atoms with Crippen LogP contribution in [0.25, 0.3) is 0 Å². The van der Waals surface area contributed by atoms with E-state index in [9.17, 15) is 4.79 Å². The molecule has 0 saturated carbocycles. The van der Waals surface area contributed by atoms with E-state index in [1.807, 2.05) is 4.90 Å². The molecule has 7 heteroatoms. The monoisotopic (exact) mass is 479 g/mol. The number of likely N-dealkylation sites (tertiary alicyclic amines) is 1. The Balaban J connectivity index is 0.00000306. The van der Waals surface area contributed by atoms with Crippen LogP contribution in [0.5, 0.6) is 5.75 Å². The molecule has 0 unspecified atom stereocenters. The lowest BCUT2D eigenvalue weighted by atomic mass is 9.94. The predicted molar refractivity (Wildman–Crippen MR) is 135 cm³/mol. The van der Waals surface area contributed by atoms with Crippen LogP contribution in [0.15, 0.2) is 18.2 Å². The molecule has 1 aromatic carbocycles. The first kappa shape index (κ1) is 26.1. The van der Waals surface area contributed by atoms with E-state index in [1.54, 1.807) is 0 Å². The van der Waals surface area contributed by atoms with Gasteiger partial charge in [-0.2, -0.15) is 0 Å². The van der Waals surface area contributed by atoms with Crippen LogP contribution in [0.4, 0.5) is 4.79 Å². The van der Waals surface area contributed by atoms with Crippen molar-refractivity contribution >= 4 is 18.4 Å². The minimum atomic E-state index is -0.0833. The van der Waals surface area contributed by atoms with E-state index in [0.29, 0.717) is 25.2 Å². The Hall–Kier alpha value is -1.50. The first-order chi connectivity index (χ1) is 15.3. The summed E-state index contributed by atoms with van der Waals surface area (Å²) in [5.41, 5.74) is 2.67. The number of nitrogens with zero attached hydrogens (tertiary/aromatic N) is 3. The van der Waals surface area contributed by atoms with Gasteiger partial charge in [0.15, 0.2) is 0 Å². The van der Waals surface area contributed by atoms with E-state index in [1.165, 1.54) is 11.1 Å². The average molecular weight is 480 g/mol. The number of likely N-dealkylation sites (N-methyl/N-ethyl adjacent to an activating group) is 1. The zero-order valence-corrected chi connectivity index (χ0v) is 21.7. The van der Waals surface area contributed by atoms with E-state index in [2.05, 4.69) is 55.7 Å². The number of ether oxygens (including phenoxy) is 2. The molecular weight excluding hydrogens is 438 g/mol. The Morgan fingerprint density at radius 3 is 2.48 bits per heavy atom. The van der Waals surface area contributed by atoms with Gasteiger partial charge in [0.2, 0.25) is 0 Å². The largest absolute Gasteiger partial charge is 0.487 e. The highest BCUT2D eigenvalue weighted by Crippen LogP contribution is 2.35. The fourth-order valence-electron chi connectivity index (χ4n) is 5.47. The highest BCUT2D eigenvalue weighted by molar-refractivity contribution is 5.85. The van der Waals surface area contributed by atoms with Gasteiger partial charge in [-0.25, -0.2) is 4.79 Å². The predicted octanol–water partition coefficient (Wildman–Crippen LogP) is 4.24. The molecule has 0 aliphatic carbocycles. The number of rotatable bonds is 6. The second-order valence-corrected chi connectivity index (χ2v) is 10.4. The van der Waals surface area contributed by atoms with Crippen molar-refractivity contribution in [2.45, 2.75) is 65.0 Å². The third-order valence-corrected chi connectivity index (χ3v) is 7.35.